The fourth-order valence-corrected chi connectivity index (χ4v) is 2.21. The van der Waals surface area contributed by atoms with Gasteiger partial charge in [0.2, 0.25) is 0 Å². The standard InChI is InChI=1S/C15H31BrO3/c1-17-11-9-13-19-15-14-18-12-8-6-4-2-3-5-7-10-16/h2-15H2,1H3. The van der Waals surface area contributed by atoms with Crippen molar-refractivity contribution in [2.75, 3.05) is 45.5 Å². The summed E-state index contributed by atoms with van der Waals surface area (Å²) in [6.07, 6.45) is 10.2. The minimum Gasteiger partial charge on any atom is -0.385 e. The third kappa shape index (κ3) is 18.4. The number of hydrogen-bond donors (Lipinski definition) is 0. The highest BCUT2D eigenvalue weighted by atomic mass is 79.9. The van der Waals surface area contributed by atoms with E-state index < -0.39 is 0 Å². The van der Waals surface area contributed by atoms with Crippen LogP contribution in [0.15, 0.2) is 0 Å². The minimum atomic E-state index is 0.705. The van der Waals surface area contributed by atoms with E-state index in [1.54, 1.807) is 7.11 Å². The maximum absolute atomic E-state index is 5.52. The number of hydrogen-bond acceptors (Lipinski definition) is 3. The van der Waals surface area contributed by atoms with Crippen LogP contribution < -0.4 is 0 Å². The van der Waals surface area contributed by atoms with Gasteiger partial charge in [0.05, 0.1) is 13.2 Å². The van der Waals surface area contributed by atoms with Crippen molar-refractivity contribution in [1.82, 2.24) is 0 Å². The molecule has 0 radical (unpaired) electrons. The Balaban J connectivity index is 2.88. The molecular weight excluding hydrogens is 308 g/mol. The number of ether oxygens (including phenoxy) is 3. The van der Waals surface area contributed by atoms with E-state index in [2.05, 4.69) is 15.9 Å². The quantitative estimate of drug-likeness (QED) is 0.312. The number of alkyl halides is 1. The van der Waals surface area contributed by atoms with Gasteiger partial charge in [0.25, 0.3) is 0 Å². The van der Waals surface area contributed by atoms with E-state index in [1.165, 1.54) is 44.9 Å². The lowest BCUT2D eigenvalue weighted by atomic mass is 10.1. The van der Waals surface area contributed by atoms with E-state index in [0.717, 1.165) is 38.2 Å². The molecule has 0 aliphatic rings. The van der Waals surface area contributed by atoms with Crippen LogP contribution in [0.4, 0.5) is 0 Å². The van der Waals surface area contributed by atoms with Gasteiger partial charge in [-0.2, -0.15) is 0 Å². The van der Waals surface area contributed by atoms with Crippen LogP contribution in [-0.4, -0.2) is 45.5 Å². The maximum atomic E-state index is 5.52. The normalized spacial score (nSPS) is 11.1. The van der Waals surface area contributed by atoms with Crippen molar-refractivity contribution < 1.29 is 14.2 Å². The molecule has 0 aromatic rings. The smallest absolute Gasteiger partial charge is 0.0700 e. The van der Waals surface area contributed by atoms with Gasteiger partial charge in [-0.3, -0.25) is 0 Å². The highest BCUT2D eigenvalue weighted by molar-refractivity contribution is 9.09. The number of rotatable bonds is 16. The Labute approximate surface area is 127 Å². The van der Waals surface area contributed by atoms with Crippen molar-refractivity contribution in [2.45, 2.75) is 51.4 Å². The summed E-state index contributed by atoms with van der Waals surface area (Å²) in [5.74, 6) is 0. The molecule has 0 fully saturated rings. The average molecular weight is 339 g/mol. The fraction of sp³-hybridized carbons (Fsp3) is 1.00. The average Bonchev–Trinajstić information content (AvgIpc) is 2.43. The monoisotopic (exact) mass is 338 g/mol. The number of unbranched alkanes of at least 4 members (excludes halogenated alkanes) is 6. The summed E-state index contributed by atoms with van der Waals surface area (Å²) in [7, 11) is 1.71. The SMILES string of the molecule is COCCCOCCOCCCCCCCCCBr. The Morgan fingerprint density at radius 3 is 1.68 bits per heavy atom. The molecule has 0 atom stereocenters. The zero-order valence-corrected chi connectivity index (χ0v) is 14.1. The molecule has 3 nitrogen and oxygen atoms in total. The van der Waals surface area contributed by atoms with Gasteiger partial charge in [0.1, 0.15) is 0 Å². The highest BCUT2D eigenvalue weighted by Crippen LogP contribution is 2.07. The number of methoxy groups -OCH3 is 1. The molecule has 0 aromatic carbocycles. The molecule has 0 N–H and O–H groups in total. The Morgan fingerprint density at radius 1 is 0.579 bits per heavy atom. The van der Waals surface area contributed by atoms with E-state index >= 15 is 0 Å². The third-order valence-corrected chi connectivity index (χ3v) is 3.49. The molecule has 0 amide bonds. The predicted octanol–water partition coefficient (Wildman–Crippen LogP) is 4.18. The van der Waals surface area contributed by atoms with E-state index in [1.807, 2.05) is 0 Å². The van der Waals surface area contributed by atoms with Gasteiger partial charge in [-0.1, -0.05) is 48.0 Å². The van der Waals surface area contributed by atoms with Crippen LogP contribution in [0.5, 0.6) is 0 Å². The molecule has 19 heavy (non-hydrogen) atoms. The second-order valence-corrected chi connectivity index (χ2v) is 5.53. The Hall–Kier alpha value is 0.360. The summed E-state index contributed by atoms with van der Waals surface area (Å²) in [6, 6.07) is 0. The van der Waals surface area contributed by atoms with Crippen LogP contribution in [-0.2, 0) is 14.2 Å². The summed E-state index contributed by atoms with van der Waals surface area (Å²) < 4.78 is 15.9. The van der Waals surface area contributed by atoms with Crippen molar-refractivity contribution in [3.63, 3.8) is 0 Å². The van der Waals surface area contributed by atoms with E-state index in [9.17, 15) is 0 Å². The first-order valence-electron chi connectivity index (χ1n) is 7.62. The summed E-state index contributed by atoms with van der Waals surface area (Å²) in [5, 5.41) is 1.15. The molecule has 0 saturated carbocycles. The third-order valence-electron chi connectivity index (χ3n) is 2.93. The second-order valence-electron chi connectivity index (χ2n) is 4.73. The molecule has 0 saturated heterocycles. The van der Waals surface area contributed by atoms with Crippen molar-refractivity contribution in [3.8, 4) is 0 Å². The van der Waals surface area contributed by atoms with Crippen LogP contribution >= 0.6 is 15.9 Å². The highest BCUT2D eigenvalue weighted by Gasteiger charge is 1.93. The first kappa shape index (κ1) is 19.4. The van der Waals surface area contributed by atoms with E-state index in [4.69, 9.17) is 14.2 Å². The predicted molar refractivity (Wildman–Crippen MR) is 84.2 cm³/mol. The van der Waals surface area contributed by atoms with Gasteiger partial charge in [-0.05, 0) is 19.3 Å². The topological polar surface area (TPSA) is 27.7 Å². The van der Waals surface area contributed by atoms with Gasteiger partial charge in [0.15, 0.2) is 0 Å². The molecule has 0 rings (SSSR count). The summed E-state index contributed by atoms with van der Waals surface area (Å²) in [4.78, 5) is 0. The lowest BCUT2D eigenvalue weighted by Gasteiger charge is -2.05. The summed E-state index contributed by atoms with van der Waals surface area (Å²) >= 11 is 3.46. The van der Waals surface area contributed by atoms with Gasteiger partial charge in [0, 0.05) is 32.3 Å². The van der Waals surface area contributed by atoms with Crippen LogP contribution in [0, 0.1) is 0 Å². The zero-order valence-electron chi connectivity index (χ0n) is 12.5. The molecule has 4 heteroatoms. The van der Waals surface area contributed by atoms with Crippen LogP contribution in [0.1, 0.15) is 51.4 Å². The lowest BCUT2D eigenvalue weighted by molar-refractivity contribution is 0.0387. The fourth-order valence-electron chi connectivity index (χ4n) is 1.81. The lowest BCUT2D eigenvalue weighted by Crippen LogP contribution is -2.07. The van der Waals surface area contributed by atoms with Crippen LogP contribution in [0.3, 0.4) is 0 Å². The maximum Gasteiger partial charge on any atom is 0.0700 e. The molecule has 0 heterocycles. The van der Waals surface area contributed by atoms with Crippen molar-refractivity contribution >= 4 is 15.9 Å². The Kier molecular flexibility index (Phi) is 18.7. The van der Waals surface area contributed by atoms with Crippen molar-refractivity contribution in [1.29, 1.82) is 0 Å². The number of halogens is 1. The summed E-state index contributed by atoms with van der Waals surface area (Å²) in [6.45, 7) is 3.85. The molecule has 0 bridgehead atoms. The molecule has 0 aliphatic carbocycles. The van der Waals surface area contributed by atoms with Crippen molar-refractivity contribution in [3.05, 3.63) is 0 Å². The first-order valence-corrected chi connectivity index (χ1v) is 8.74. The molecule has 0 aromatic heterocycles. The molecule has 0 unspecified atom stereocenters. The van der Waals surface area contributed by atoms with Crippen LogP contribution in [0.2, 0.25) is 0 Å². The Morgan fingerprint density at radius 2 is 1.11 bits per heavy atom. The molecule has 0 spiro atoms. The first-order chi connectivity index (χ1) is 9.41. The zero-order chi connectivity index (χ0) is 14.0. The minimum absolute atomic E-state index is 0.705. The van der Waals surface area contributed by atoms with Gasteiger partial charge >= 0.3 is 0 Å². The van der Waals surface area contributed by atoms with E-state index in [0.29, 0.717) is 6.61 Å². The summed E-state index contributed by atoms with van der Waals surface area (Å²) in [5.41, 5.74) is 0. The second kappa shape index (κ2) is 18.4. The Bertz CT molecular complexity index is 140. The molecule has 0 aliphatic heterocycles. The molecule has 116 valence electrons. The van der Waals surface area contributed by atoms with Crippen LogP contribution in [0.25, 0.3) is 0 Å². The van der Waals surface area contributed by atoms with Gasteiger partial charge < -0.3 is 14.2 Å². The largest absolute Gasteiger partial charge is 0.385 e. The van der Waals surface area contributed by atoms with E-state index in [-0.39, 0.29) is 0 Å². The van der Waals surface area contributed by atoms with Gasteiger partial charge in [-0.15, -0.1) is 0 Å². The molecular formula is C15H31BrO3. The van der Waals surface area contributed by atoms with Crippen molar-refractivity contribution in [2.24, 2.45) is 0 Å². The van der Waals surface area contributed by atoms with Gasteiger partial charge in [-0.25, -0.2) is 0 Å².